The van der Waals surface area contributed by atoms with Gasteiger partial charge in [0.2, 0.25) is 0 Å². The summed E-state index contributed by atoms with van der Waals surface area (Å²) >= 11 is 0. The van der Waals surface area contributed by atoms with E-state index in [1.165, 1.54) is 0 Å². The van der Waals surface area contributed by atoms with E-state index in [2.05, 4.69) is 11.1 Å². The highest BCUT2D eigenvalue weighted by Crippen LogP contribution is 2.19. The van der Waals surface area contributed by atoms with Gasteiger partial charge in [-0.25, -0.2) is 0 Å². The van der Waals surface area contributed by atoms with Crippen LogP contribution in [0.4, 0.5) is 0 Å². The molecule has 0 heterocycles. The highest BCUT2D eigenvalue weighted by molar-refractivity contribution is 5.85. The van der Waals surface area contributed by atoms with Gasteiger partial charge in [-0.1, -0.05) is 54.6 Å². The second kappa shape index (κ2) is 5.46. The van der Waals surface area contributed by atoms with Crippen LogP contribution in [-0.2, 0) is 0 Å². The van der Waals surface area contributed by atoms with Crippen LogP contribution in [0.15, 0.2) is 59.6 Å². The predicted molar refractivity (Wildman–Crippen MR) is 71.5 cm³/mol. The summed E-state index contributed by atoms with van der Waals surface area (Å²) in [6.45, 7) is 0. The highest BCUT2D eigenvalue weighted by atomic mass is 15.0. The summed E-state index contributed by atoms with van der Waals surface area (Å²) in [7, 11) is 0. The lowest BCUT2D eigenvalue weighted by Crippen LogP contribution is -2.23. The first kappa shape index (κ1) is 11.6. The van der Waals surface area contributed by atoms with Crippen molar-refractivity contribution in [2.75, 3.05) is 0 Å². The number of nitrogens with one attached hydrogen (secondary N) is 1. The molecule has 0 aromatic heterocycles. The van der Waals surface area contributed by atoms with E-state index in [-0.39, 0.29) is 5.92 Å². The minimum atomic E-state index is -0.629. The average molecular weight is 226 g/mol. The lowest BCUT2D eigenvalue weighted by Gasteiger charge is -2.19. The maximum absolute atomic E-state index is 7.95. The maximum atomic E-state index is 7.95. The zero-order valence-corrected chi connectivity index (χ0v) is 9.58. The van der Waals surface area contributed by atoms with E-state index < -0.39 is 6.17 Å². The van der Waals surface area contributed by atoms with Gasteiger partial charge in [0.1, 0.15) is 0 Å². The largest absolute Gasteiger partial charge is 0.652 e. The van der Waals surface area contributed by atoms with Gasteiger partial charge in [0.05, 0.1) is 5.84 Å². The Morgan fingerprint density at radius 1 is 1.29 bits per heavy atom. The molecule has 2 unspecified atom stereocenters. The third-order valence-electron chi connectivity index (χ3n) is 2.75. The number of nitrogens with zero attached hydrogens (tertiary/aromatic N) is 1. The molecule has 2 rings (SSSR count). The first-order valence-electron chi connectivity index (χ1n) is 5.70. The van der Waals surface area contributed by atoms with Crippen LogP contribution in [0.5, 0.6) is 0 Å². The molecule has 3 nitrogen and oxygen atoms in total. The van der Waals surface area contributed by atoms with Crippen LogP contribution in [0.25, 0.3) is 5.73 Å². The molecule has 0 saturated heterocycles. The number of hydrogen-bond donors (Lipinski definition) is 1. The van der Waals surface area contributed by atoms with Gasteiger partial charge >= 0.3 is 0 Å². The molecule has 1 aliphatic rings. The van der Waals surface area contributed by atoms with Gasteiger partial charge in [0, 0.05) is 5.92 Å². The lowest BCUT2D eigenvalue weighted by molar-refractivity contribution is 0.821. The monoisotopic (exact) mass is 226 g/mol. The van der Waals surface area contributed by atoms with E-state index in [0.29, 0.717) is 5.84 Å². The van der Waals surface area contributed by atoms with Gasteiger partial charge in [-0.15, -0.1) is 0 Å². The molecule has 88 valence electrons. The predicted octanol–water partition coefficient (Wildman–Crippen LogP) is 3.23. The summed E-state index contributed by atoms with van der Waals surface area (Å²) in [5, 5.41) is 0. The molecule has 0 bridgehead atoms. The van der Waals surface area contributed by atoms with E-state index >= 15 is 0 Å². The second-order valence-electron chi connectivity index (χ2n) is 4.02. The third kappa shape index (κ3) is 3.04. The van der Waals surface area contributed by atoms with Crippen LogP contribution in [0.3, 0.4) is 0 Å². The van der Waals surface area contributed by atoms with Gasteiger partial charge in [-0.2, -0.15) is 0 Å². The van der Waals surface area contributed by atoms with Crippen molar-refractivity contribution in [3.05, 3.63) is 65.9 Å². The van der Waals surface area contributed by atoms with Crippen molar-refractivity contribution in [2.45, 2.75) is 12.6 Å². The molecule has 0 radical (unpaired) electrons. The molecule has 0 saturated carbocycles. The van der Waals surface area contributed by atoms with Crippen molar-refractivity contribution in [1.29, 1.82) is 0 Å². The molecule has 3 heteroatoms. The Kier molecular flexibility index (Phi) is 3.73. The summed E-state index contributed by atoms with van der Waals surface area (Å²) in [6.07, 6.45) is 8.30. The molecule has 2 atom stereocenters. The first-order valence-corrected chi connectivity index (χ1v) is 5.70. The van der Waals surface area contributed by atoms with E-state index in [0.717, 1.165) is 12.0 Å². The zero-order valence-electron chi connectivity index (χ0n) is 9.58. The average Bonchev–Trinajstić information content (AvgIpc) is 2.40. The number of allylic oxidation sites excluding steroid dienone is 3. The molecular formula is C14H16N3-. The summed E-state index contributed by atoms with van der Waals surface area (Å²) in [5.41, 5.74) is 14.8. The van der Waals surface area contributed by atoms with Gasteiger partial charge in [0.15, 0.2) is 0 Å². The van der Waals surface area contributed by atoms with Crippen molar-refractivity contribution in [2.24, 2.45) is 16.6 Å². The minimum absolute atomic E-state index is 0.136. The zero-order chi connectivity index (χ0) is 12.1. The molecular weight excluding hydrogens is 210 g/mol. The molecule has 0 amide bonds. The second-order valence-corrected chi connectivity index (χ2v) is 4.02. The molecule has 3 N–H and O–H groups in total. The number of hydrogen-bond acceptors (Lipinski definition) is 1. The van der Waals surface area contributed by atoms with Crippen LogP contribution in [0.2, 0.25) is 0 Å². The molecule has 1 aliphatic carbocycles. The van der Waals surface area contributed by atoms with Crippen molar-refractivity contribution < 1.29 is 0 Å². The Balaban J connectivity index is 2.08. The third-order valence-corrected chi connectivity index (χ3v) is 2.75. The van der Waals surface area contributed by atoms with E-state index in [1.807, 2.05) is 48.6 Å². The van der Waals surface area contributed by atoms with Crippen molar-refractivity contribution in [3.63, 3.8) is 0 Å². The highest BCUT2D eigenvalue weighted by Gasteiger charge is 2.09. The molecule has 0 fully saturated rings. The SMILES string of the molecule is [NH-]C(N=C(N)C1C=CC=CC1)c1ccccc1. The van der Waals surface area contributed by atoms with Gasteiger partial charge < -0.3 is 11.5 Å². The number of amidine groups is 1. The van der Waals surface area contributed by atoms with Crippen LogP contribution in [0, 0.1) is 5.92 Å². The Bertz CT molecular complexity index is 446. The lowest BCUT2D eigenvalue weighted by atomic mass is 10.00. The van der Waals surface area contributed by atoms with E-state index in [9.17, 15) is 0 Å². The number of benzene rings is 1. The molecule has 1 aromatic carbocycles. The number of nitrogens with two attached hydrogens (primary N) is 1. The Morgan fingerprint density at radius 3 is 2.71 bits per heavy atom. The van der Waals surface area contributed by atoms with Gasteiger partial charge in [-0.3, -0.25) is 4.99 Å². The standard InChI is InChI=1S/C14H16N3/c15-13(11-7-3-1-4-8-11)17-14(16)12-9-5-2-6-10-12/h1-9,12-13,15H,10H2,(H2,16,17)/q-1. The number of aliphatic imine (C=N–C) groups is 1. The Hall–Kier alpha value is -1.87. The fourth-order valence-electron chi connectivity index (χ4n) is 1.75. The normalized spacial score (nSPS) is 21.5. The van der Waals surface area contributed by atoms with Crippen molar-refractivity contribution in [1.82, 2.24) is 0 Å². The summed E-state index contributed by atoms with van der Waals surface area (Å²) in [4.78, 5) is 4.25. The molecule has 1 aromatic rings. The van der Waals surface area contributed by atoms with Crippen molar-refractivity contribution >= 4 is 5.84 Å². The summed E-state index contributed by atoms with van der Waals surface area (Å²) < 4.78 is 0. The first-order chi connectivity index (χ1) is 8.27. The summed E-state index contributed by atoms with van der Waals surface area (Å²) in [5.74, 6) is 0.672. The topological polar surface area (TPSA) is 62.2 Å². The van der Waals surface area contributed by atoms with Crippen LogP contribution in [-0.4, -0.2) is 5.84 Å². The van der Waals surface area contributed by atoms with Gasteiger partial charge in [-0.05, 0) is 18.2 Å². The fourth-order valence-corrected chi connectivity index (χ4v) is 1.75. The quantitative estimate of drug-likeness (QED) is 0.624. The smallest absolute Gasteiger partial charge is 0.0995 e. The van der Waals surface area contributed by atoms with E-state index in [1.54, 1.807) is 0 Å². The van der Waals surface area contributed by atoms with Gasteiger partial charge in [0.25, 0.3) is 0 Å². The van der Waals surface area contributed by atoms with E-state index in [4.69, 9.17) is 11.5 Å². The Morgan fingerprint density at radius 2 is 2.06 bits per heavy atom. The minimum Gasteiger partial charge on any atom is -0.652 e. The maximum Gasteiger partial charge on any atom is 0.0995 e. The van der Waals surface area contributed by atoms with Crippen LogP contribution in [0.1, 0.15) is 18.2 Å². The molecule has 0 aliphatic heterocycles. The molecule has 17 heavy (non-hydrogen) atoms. The van der Waals surface area contributed by atoms with Crippen molar-refractivity contribution in [3.8, 4) is 0 Å². The Labute approximate surface area is 102 Å². The summed E-state index contributed by atoms with van der Waals surface area (Å²) in [6, 6.07) is 9.53. The number of rotatable bonds is 3. The van der Waals surface area contributed by atoms with Crippen LogP contribution >= 0.6 is 0 Å². The van der Waals surface area contributed by atoms with Crippen LogP contribution < -0.4 is 5.73 Å². The fraction of sp³-hybridized carbons (Fsp3) is 0.214. The molecule has 0 spiro atoms.